The van der Waals surface area contributed by atoms with Crippen molar-refractivity contribution in [1.82, 2.24) is 0 Å². The van der Waals surface area contributed by atoms with Crippen molar-refractivity contribution in [2.24, 2.45) is 0 Å². The van der Waals surface area contributed by atoms with Crippen molar-refractivity contribution in [3.8, 4) is 0 Å². The van der Waals surface area contributed by atoms with Crippen molar-refractivity contribution in [2.45, 2.75) is 24.2 Å². The molecule has 0 unspecified atom stereocenters. The van der Waals surface area contributed by atoms with Crippen LogP contribution in [0.3, 0.4) is 0 Å². The van der Waals surface area contributed by atoms with E-state index < -0.39 is 25.0 Å². The zero-order valence-electron chi connectivity index (χ0n) is 5.44. The Balaban J connectivity index is 2.82. The molecule has 0 aliphatic heterocycles. The van der Waals surface area contributed by atoms with Gasteiger partial charge in [0.15, 0.2) is 0 Å². The quantitative estimate of drug-likeness (QED) is 0.581. The summed E-state index contributed by atoms with van der Waals surface area (Å²) in [6, 6.07) is 0. The minimum absolute atomic E-state index is 0.0832. The van der Waals surface area contributed by atoms with Crippen LogP contribution in [0.15, 0.2) is 0 Å². The van der Waals surface area contributed by atoms with Crippen LogP contribution in [0.5, 0.6) is 0 Å². The number of hydrogen-bond donors (Lipinski definition) is 0. The zero-order valence-corrected chi connectivity index (χ0v) is 10.9. The molecular formula is C5H10HgO2. The summed E-state index contributed by atoms with van der Waals surface area (Å²) in [6.07, 6.45) is 1.18. The van der Waals surface area contributed by atoms with Gasteiger partial charge in [-0.25, -0.2) is 0 Å². The van der Waals surface area contributed by atoms with Gasteiger partial charge in [-0.05, 0) is 0 Å². The first-order valence-corrected chi connectivity index (χ1v) is 9.04. The minimum atomic E-state index is -1.12. The Bertz CT molecular complexity index is 72.8. The predicted molar refractivity (Wildman–Crippen MR) is 26.9 cm³/mol. The molecule has 0 bridgehead atoms. The molecule has 0 atom stereocenters. The number of carbonyl (C=O) groups is 1. The molecule has 0 spiro atoms. The Hall–Kier alpha value is 0.405. The van der Waals surface area contributed by atoms with Gasteiger partial charge in [0, 0.05) is 0 Å². The van der Waals surface area contributed by atoms with Gasteiger partial charge in [-0.15, -0.1) is 0 Å². The van der Waals surface area contributed by atoms with E-state index in [2.05, 4.69) is 6.92 Å². The molecule has 0 heterocycles. The van der Waals surface area contributed by atoms with Crippen LogP contribution in [0.4, 0.5) is 0 Å². The second-order valence-corrected chi connectivity index (χ2v) is 7.15. The second-order valence-electron chi connectivity index (χ2n) is 1.69. The van der Waals surface area contributed by atoms with Crippen molar-refractivity contribution >= 4 is 5.97 Å². The van der Waals surface area contributed by atoms with Gasteiger partial charge < -0.3 is 0 Å². The van der Waals surface area contributed by atoms with Crippen LogP contribution in [0.2, 0.25) is 3.93 Å². The monoisotopic (exact) mass is 304 g/mol. The van der Waals surface area contributed by atoms with E-state index in [1.807, 2.05) is 0 Å². The Morgan fingerprint density at radius 3 is 2.75 bits per heavy atom. The Labute approximate surface area is 62.7 Å². The number of rotatable bonds is 3. The molecule has 0 aromatic rings. The van der Waals surface area contributed by atoms with Crippen LogP contribution in [0.25, 0.3) is 0 Å². The summed E-state index contributed by atoms with van der Waals surface area (Å²) in [5.74, 6) is -0.0832. The van der Waals surface area contributed by atoms with E-state index in [-0.39, 0.29) is 5.97 Å². The molecule has 0 aromatic carbocycles. The summed E-state index contributed by atoms with van der Waals surface area (Å²) >= 11 is -1.12. The molecule has 0 saturated heterocycles. The second kappa shape index (κ2) is 5.54. The van der Waals surface area contributed by atoms with E-state index in [1.54, 1.807) is 0 Å². The molecule has 3 heteroatoms. The molecule has 0 fully saturated rings. The van der Waals surface area contributed by atoms with Gasteiger partial charge in [0.1, 0.15) is 0 Å². The summed E-state index contributed by atoms with van der Waals surface area (Å²) in [4.78, 5) is 10.2. The molecule has 0 radical (unpaired) electrons. The molecule has 0 aliphatic rings. The van der Waals surface area contributed by atoms with Crippen molar-refractivity contribution in [3.63, 3.8) is 0 Å². The zero-order chi connectivity index (χ0) is 6.41. The average molecular weight is 303 g/mol. The Morgan fingerprint density at radius 1 is 1.75 bits per heavy atom. The van der Waals surface area contributed by atoms with E-state index in [0.717, 1.165) is 0 Å². The van der Waals surface area contributed by atoms with Crippen LogP contribution in [0, 0.1) is 0 Å². The molecule has 0 amide bonds. The molecule has 0 rings (SSSR count). The first-order valence-electron chi connectivity index (χ1n) is 2.90. The standard InChI is InChI=1S/C3H7.C2H4O2.Hg/c1-3-2;1-2(3)4;/h1,3H2,2H3;1H3,(H,3,4);/q;;+1/p-1. The third kappa shape index (κ3) is 6.41. The van der Waals surface area contributed by atoms with Crippen molar-refractivity contribution in [2.75, 3.05) is 0 Å². The summed E-state index contributed by atoms with van der Waals surface area (Å²) in [6.45, 7) is 3.60. The van der Waals surface area contributed by atoms with Gasteiger partial charge in [-0.1, -0.05) is 0 Å². The van der Waals surface area contributed by atoms with E-state index in [0.29, 0.717) is 0 Å². The molecular weight excluding hydrogens is 293 g/mol. The average Bonchev–Trinajstić information content (AvgIpc) is 1.66. The summed E-state index contributed by atoms with van der Waals surface area (Å²) < 4.78 is 6.06. The maximum atomic E-state index is 10.2. The van der Waals surface area contributed by atoms with Crippen molar-refractivity contribution < 1.29 is 32.5 Å². The molecule has 0 aromatic heterocycles. The molecule has 0 saturated carbocycles. The van der Waals surface area contributed by atoms with Gasteiger partial charge in [0.2, 0.25) is 0 Å². The predicted octanol–water partition coefficient (Wildman–Crippen LogP) is 1.38. The van der Waals surface area contributed by atoms with Crippen LogP contribution in [-0.2, 0) is 32.5 Å². The number of hydrogen-bond acceptors (Lipinski definition) is 2. The van der Waals surface area contributed by atoms with Crippen LogP contribution < -0.4 is 0 Å². The van der Waals surface area contributed by atoms with Gasteiger partial charge in [-0.3, -0.25) is 0 Å². The third-order valence-electron chi connectivity index (χ3n) is 0.803. The molecule has 8 heavy (non-hydrogen) atoms. The van der Waals surface area contributed by atoms with E-state index >= 15 is 0 Å². The summed E-state index contributed by atoms with van der Waals surface area (Å²) in [5.41, 5.74) is 0. The van der Waals surface area contributed by atoms with Gasteiger partial charge in [0.05, 0.1) is 0 Å². The molecule has 0 N–H and O–H groups in total. The molecule has 2 nitrogen and oxygen atoms in total. The van der Waals surface area contributed by atoms with Gasteiger partial charge in [-0.2, -0.15) is 0 Å². The van der Waals surface area contributed by atoms with E-state index in [9.17, 15) is 4.79 Å². The topological polar surface area (TPSA) is 26.3 Å². The SMILES string of the molecule is CC[CH2][Hg][O]C(C)=O. The first kappa shape index (κ1) is 8.41. The van der Waals surface area contributed by atoms with Gasteiger partial charge in [0.25, 0.3) is 0 Å². The van der Waals surface area contributed by atoms with E-state index in [1.165, 1.54) is 17.3 Å². The van der Waals surface area contributed by atoms with Crippen molar-refractivity contribution in [3.05, 3.63) is 0 Å². The van der Waals surface area contributed by atoms with Crippen LogP contribution >= 0.6 is 0 Å². The van der Waals surface area contributed by atoms with Crippen molar-refractivity contribution in [1.29, 1.82) is 0 Å². The first-order chi connectivity index (χ1) is 3.77. The molecule has 0 aliphatic carbocycles. The molecule has 44 valence electrons. The Kier molecular flexibility index (Phi) is 5.82. The van der Waals surface area contributed by atoms with Crippen LogP contribution in [-0.4, -0.2) is 5.97 Å². The fourth-order valence-corrected chi connectivity index (χ4v) is 3.16. The maximum absolute atomic E-state index is 10.2. The fourth-order valence-electron chi connectivity index (χ4n) is 0.360. The normalized spacial score (nSPS) is 7.75. The summed E-state index contributed by atoms with van der Waals surface area (Å²) in [7, 11) is 0. The number of carbonyl (C=O) groups excluding carboxylic acids is 1. The fraction of sp³-hybridized carbons (Fsp3) is 0.800. The Morgan fingerprint density at radius 2 is 2.38 bits per heavy atom. The van der Waals surface area contributed by atoms with Gasteiger partial charge >= 0.3 is 62.6 Å². The van der Waals surface area contributed by atoms with E-state index in [4.69, 9.17) is 2.64 Å². The third-order valence-corrected chi connectivity index (χ3v) is 7.05. The summed E-state index contributed by atoms with van der Waals surface area (Å²) in [5, 5.41) is 0. The van der Waals surface area contributed by atoms with Crippen LogP contribution in [0.1, 0.15) is 20.3 Å².